The van der Waals surface area contributed by atoms with Crippen LogP contribution in [0.25, 0.3) is 0 Å². The predicted molar refractivity (Wildman–Crippen MR) is 98.8 cm³/mol. The average molecular weight is 376 g/mol. The van der Waals surface area contributed by atoms with E-state index < -0.39 is 21.9 Å². The van der Waals surface area contributed by atoms with Crippen LogP contribution in [0.1, 0.15) is 23.1 Å². The normalized spacial score (nSPS) is 17.7. The standard InChI is InChI=1S/C19H21FN2O3S/c1-13-6-7-17(10-14(13)2)22-9-8-18(19(22)23)21-26(24,25)12-15-4-3-5-16(20)11-15/h3-7,10-11,18,21H,8-9,12H2,1-2H3/t18-/m1/s1. The maximum atomic E-state index is 13.2. The maximum Gasteiger partial charge on any atom is 0.245 e. The fourth-order valence-electron chi connectivity index (χ4n) is 3.04. The van der Waals surface area contributed by atoms with Gasteiger partial charge in [-0.15, -0.1) is 0 Å². The first kappa shape index (κ1) is 18.5. The lowest BCUT2D eigenvalue weighted by Gasteiger charge is -2.18. The Labute approximate surface area is 152 Å². The van der Waals surface area contributed by atoms with E-state index in [4.69, 9.17) is 0 Å². The van der Waals surface area contributed by atoms with E-state index in [9.17, 15) is 17.6 Å². The molecule has 3 rings (SSSR count). The molecule has 1 heterocycles. The molecule has 0 aromatic heterocycles. The first-order valence-corrected chi connectivity index (χ1v) is 10.0. The Hall–Kier alpha value is -2.25. The van der Waals surface area contributed by atoms with Gasteiger partial charge in [-0.2, -0.15) is 0 Å². The molecule has 5 nitrogen and oxygen atoms in total. The van der Waals surface area contributed by atoms with Gasteiger partial charge in [0.05, 0.1) is 5.75 Å². The highest BCUT2D eigenvalue weighted by atomic mass is 32.2. The summed E-state index contributed by atoms with van der Waals surface area (Å²) < 4.78 is 40.4. The maximum absolute atomic E-state index is 13.2. The van der Waals surface area contributed by atoms with Gasteiger partial charge in [0.25, 0.3) is 0 Å². The minimum Gasteiger partial charge on any atom is -0.311 e. The fraction of sp³-hybridized carbons (Fsp3) is 0.316. The smallest absolute Gasteiger partial charge is 0.245 e. The van der Waals surface area contributed by atoms with E-state index in [1.165, 1.54) is 18.2 Å². The summed E-state index contributed by atoms with van der Waals surface area (Å²) in [6, 6.07) is 10.4. The molecule has 138 valence electrons. The number of sulfonamides is 1. The van der Waals surface area contributed by atoms with Crippen molar-refractivity contribution >= 4 is 21.6 Å². The Morgan fingerprint density at radius 3 is 2.62 bits per heavy atom. The minimum atomic E-state index is -3.75. The van der Waals surface area contributed by atoms with Gasteiger partial charge in [0.1, 0.15) is 11.9 Å². The number of amides is 1. The number of rotatable bonds is 5. The number of aryl methyl sites for hydroxylation is 2. The van der Waals surface area contributed by atoms with Gasteiger partial charge in [0, 0.05) is 12.2 Å². The number of carbonyl (C=O) groups is 1. The molecule has 26 heavy (non-hydrogen) atoms. The van der Waals surface area contributed by atoms with Gasteiger partial charge in [-0.25, -0.2) is 17.5 Å². The van der Waals surface area contributed by atoms with Crippen LogP contribution < -0.4 is 9.62 Å². The van der Waals surface area contributed by atoms with Crippen molar-refractivity contribution in [1.82, 2.24) is 4.72 Å². The second-order valence-electron chi connectivity index (χ2n) is 6.61. The van der Waals surface area contributed by atoms with Crippen LogP contribution in [0, 0.1) is 19.7 Å². The Kier molecular flexibility index (Phi) is 5.11. The number of anilines is 1. The number of nitrogens with zero attached hydrogens (tertiary/aromatic N) is 1. The Balaban J connectivity index is 1.70. The monoisotopic (exact) mass is 376 g/mol. The van der Waals surface area contributed by atoms with Crippen molar-refractivity contribution in [3.05, 3.63) is 65.0 Å². The number of nitrogens with one attached hydrogen (secondary N) is 1. The summed E-state index contributed by atoms with van der Waals surface area (Å²) in [7, 11) is -3.75. The third-order valence-corrected chi connectivity index (χ3v) is 5.93. The summed E-state index contributed by atoms with van der Waals surface area (Å²) in [5, 5.41) is 0. The van der Waals surface area contributed by atoms with Crippen LogP contribution in [0.3, 0.4) is 0 Å². The number of hydrogen-bond acceptors (Lipinski definition) is 3. The Bertz CT molecular complexity index is 944. The van der Waals surface area contributed by atoms with Crippen LogP contribution >= 0.6 is 0 Å². The van der Waals surface area contributed by atoms with E-state index in [1.807, 2.05) is 32.0 Å². The molecule has 1 N–H and O–H groups in total. The molecule has 1 amide bonds. The van der Waals surface area contributed by atoms with Crippen molar-refractivity contribution in [3.8, 4) is 0 Å². The average Bonchev–Trinajstić information content (AvgIpc) is 2.90. The van der Waals surface area contributed by atoms with E-state index in [2.05, 4.69) is 4.72 Å². The SMILES string of the molecule is Cc1ccc(N2CC[C@@H](NS(=O)(=O)Cc3cccc(F)c3)C2=O)cc1C. The van der Waals surface area contributed by atoms with Crippen molar-refractivity contribution in [2.75, 3.05) is 11.4 Å². The molecule has 1 atom stereocenters. The molecule has 1 aliphatic rings. The Morgan fingerprint density at radius 1 is 1.15 bits per heavy atom. The molecule has 2 aromatic rings. The van der Waals surface area contributed by atoms with Crippen molar-refractivity contribution in [3.63, 3.8) is 0 Å². The summed E-state index contributed by atoms with van der Waals surface area (Å²) >= 11 is 0. The third kappa shape index (κ3) is 4.11. The van der Waals surface area contributed by atoms with Gasteiger partial charge in [-0.05, 0) is 61.2 Å². The molecule has 0 saturated carbocycles. The van der Waals surface area contributed by atoms with Crippen LogP contribution in [0.15, 0.2) is 42.5 Å². The molecule has 1 aliphatic heterocycles. The lowest BCUT2D eigenvalue weighted by Crippen LogP contribution is -2.42. The molecule has 0 spiro atoms. The summed E-state index contributed by atoms with van der Waals surface area (Å²) in [5.41, 5.74) is 3.32. The van der Waals surface area contributed by atoms with Crippen LogP contribution in [0.2, 0.25) is 0 Å². The first-order valence-electron chi connectivity index (χ1n) is 8.38. The van der Waals surface area contributed by atoms with E-state index in [0.717, 1.165) is 16.8 Å². The highest BCUT2D eigenvalue weighted by Crippen LogP contribution is 2.24. The molecule has 2 aromatic carbocycles. The third-order valence-electron chi connectivity index (χ3n) is 4.58. The number of halogens is 1. The number of carbonyl (C=O) groups excluding carboxylic acids is 1. The molecular weight excluding hydrogens is 355 g/mol. The van der Waals surface area contributed by atoms with Crippen LogP contribution in [-0.2, 0) is 20.6 Å². The Morgan fingerprint density at radius 2 is 1.92 bits per heavy atom. The van der Waals surface area contributed by atoms with Crippen molar-refractivity contribution < 1.29 is 17.6 Å². The molecule has 7 heteroatoms. The second kappa shape index (κ2) is 7.17. The summed E-state index contributed by atoms with van der Waals surface area (Å²) in [6.07, 6.45) is 0.397. The quantitative estimate of drug-likeness (QED) is 0.872. The summed E-state index contributed by atoms with van der Waals surface area (Å²) in [5.74, 6) is -1.12. The topological polar surface area (TPSA) is 66.5 Å². The molecular formula is C19H21FN2O3S. The highest BCUT2D eigenvalue weighted by molar-refractivity contribution is 7.88. The predicted octanol–water partition coefficient (Wildman–Crippen LogP) is 2.67. The van der Waals surface area contributed by atoms with Gasteiger partial charge < -0.3 is 4.90 Å². The van der Waals surface area contributed by atoms with Gasteiger partial charge in [0.15, 0.2) is 0 Å². The zero-order valence-corrected chi connectivity index (χ0v) is 15.5. The molecule has 1 saturated heterocycles. The van der Waals surface area contributed by atoms with Crippen LogP contribution in [0.4, 0.5) is 10.1 Å². The molecule has 1 fully saturated rings. The molecule has 0 bridgehead atoms. The van der Waals surface area contributed by atoms with E-state index >= 15 is 0 Å². The van der Waals surface area contributed by atoms with Crippen LogP contribution in [0.5, 0.6) is 0 Å². The largest absolute Gasteiger partial charge is 0.311 e. The fourth-order valence-corrected chi connectivity index (χ4v) is 4.40. The zero-order valence-electron chi connectivity index (χ0n) is 14.7. The van der Waals surface area contributed by atoms with E-state index in [0.29, 0.717) is 18.5 Å². The number of hydrogen-bond donors (Lipinski definition) is 1. The lowest BCUT2D eigenvalue weighted by molar-refractivity contribution is -0.118. The number of benzene rings is 2. The van der Waals surface area contributed by atoms with Gasteiger partial charge >= 0.3 is 0 Å². The zero-order chi connectivity index (χ0) is 18.9. The van der Waals surface area contributed by atoms with Crippen molar-refractivity contribution in [2.45, 2.75) is 32.1 Å². The van der Waals surface area contributed by atoms with Crippen molar-refractivity contribution in [1.29, 1.82) is 0 Å². The van der Waals surface area contributed by atoms with Gasteiger partial charge in [-0.3, -0.25) is 4.79 Å². The van der Waals surface area contributed by atoms with Crippen molar-refractivity contribution in [2.24, 2.45) is 0 Å². The lowest BCUT2D eigenvalue weighted by atomic mass is 10.1. The summed E-state index contributed by atoms with van der Waals surface area (Å²) in [4.78, 5) is 14.2. The molecule has 0 radical (unpaired) electrons. The van der Waals surface area contributed by atoms with Gasteiger partial charge in [0.2, 0.25) is 15.9 Å². The molecule has 0 unspecified atom stereocenters. The van der Waals surface area contributed by atoms with E-state index in [1.54, 1.807) is 11.0 Å². The van der Waals surface area contributed by atoms with Crippen LogP contribution in [-0.4, -0.2) is 26.9 Å². The highest BCUT2D eigenvalue weighted by Gasteiger charge is 2.35. The second-order valence-corrected chi connectivity index (χ2v) is 8.36. The first-order chi connectivity index (χ1) is 12.2. The minimum absolute atomic E-state index is 0.268. The van der Waals surface area contributed by atoms with Gasteiger partial charge in [-0.1, -0.05) is 18.2 Å². The summed E-state index contributed by atoms with van der Waals surface area (Å²) in [6.45, 7) is 4.42. The van der Waals surface area contributed by atoms with E-state index in [-0.39, 0.29) is 11.7 Å². The molecule has 0 aliphatic carbocycles.